The molecule has 1 heterocycles. The topological polar surface area (TPSA) is 37.5 Å². The molecule has 0 saturated heterocycles. The van der Waals surface area contributed by atoms with Crippen LogP contribution in [0.25, 0.3) is 21.8 Å². The Labute approximate surface area is 141 Å². The van der Waals surface area contributed by atoms with E-state index in [0.29, 0.717) is 0 Å². The summed E-state index contributed by atoms with van der Waals surface area (Å²) in [6, 6.07) is 21.6. The first-order valence-electron chi connectivity index (χ1n) is 7.25. The lowest BCUT2D eigenvalue weighted by molar-refractivity contribution is 0.475. The fourth-order valence-corrected chi connectivity index (χ4v) is 3.13. The predicted molar refractivity (Wildman–Crippen MR) is 98.2 cm³/mol. The summed E-state index contributed by atoms with van der Waals surface area (Å²) in [6.45, 7) is 0. The third kappa shape index (κ3) is 2.41. The molecule has 1 aromatic heterocycles. The number of benzene rings is 3. The van der Waals surface area contributed by atoms with E-state index in [1.165, 1.54) is 10.8 Å². The van der Waals surface area contributed by atoms with Gasteiger partial charge in [0.05, 0.1) is 17.2 Å². The van der Waals surface area contributed by atoms with Gasteiger partial charge in [0.1, 0.15) is 5.75 Å². The molecule has 0 aliphatic rings. The normalized spacial score (nSPS) is 11.7. The van der Waals surface area contributed by atoms with Gasteiger partial charge in [-0.15, -0.1) is 0 Å². The molecule has 0 aliphatic carbocycles. The van der Waals surface area contributed by atoms with Crippen LogP contribution in [0.3, 0.4) is 0 Å². The Balaban J connectivity index is 1.94. The SMILES string of the molecule is Oc1ccc(Br)c(C=Nn2c3ccccc3c3ccccc32)c1. The van der Waals surface area contributed by atoms with Crippen LogP contribution in [0.1, 0.15) is 5.56 Å². The van der Waals surface area contributed by atoms with Crippen LogP contribution in [-0.4, -0.2) is 16.0 Å². The van der Waals surface area contributed by atoms with Crippen LogP contribution in [-0.2, 0) is 0 Å². The van der Waals surface area contributed by atoms with Gasteiger partial charge in [0, 0.05) is 20.8 Å². The molecule has 3 aromatic carbocycles. The Morgan fingerprint density at radius 2 is 1.48 bits per heavy atom. The van der Waals surface area contributed by atoms with Gasteiger partial charge in [0.2, 0.25) is 0 Å². The van der Waals surface area contributed by atoms with Crippen molar-refractivity contribution in [3.63, 3.8) is 0 Å². The molecule has 3 nitrogen and oxygen atoms in total. The van der Waals surface area contributed by atoms with Crippen molar-refractivity contribution in [2.24, 2.45) is 5.10 Å². The van der Waals surface area contributed by atoms with Crippen LogP contribution in [0, 0.1) is 0 Å². The van der Waals surface area contributed by atoms with E-state index >= 15 is 0 Å². The number of aromatic hydroxyl groups is 1. The third-order valence-corrected chi connectivity index (χ3v) is 4.57. The van der Waals surface area contributed by atoms with E-state index in [1.807, 2.05) is 35.0 Å². The van der Waals surface area contributed by atoms with Gasteiger partial charge < -0.3 is 5.11 Å². The molecule has 4 aromatic rings. The molecule has 0 fully saturated rings. The maximum absolute atomic E-state index is 9.65. The van der Waals surface area contributed by atoms with Crippen molar-refractivity contribution >= 4 is 44.0 Å². The van der Waals surface area contributed by atoms with E-state index in [-0.39, 0.29) is 5.75 Å². The number of nitrogens with zero attached hydrogens (tertiary/aromatic N) is 2. The molecule has 112 valence electrons. The molecule has 23 heavy (non-hydrogen) atoms. The van der Waals surface area contributed by atoms with E-state index in [4.69, 9.17) is 0 Å². The lowest BCUT2D eigenvalue weighted by Crippen LogP contribution is -1.91. The van der Waals surface area contributed by atoms with E-state index < -0.39 is 0 Å². The maximum atomic E-state index is 9.65. The Morgan fingerprint density at radius 1 is 0.870 bits per heavy atom. The van der Waals surface area contributed by atoms with Crippen LogP contribution in [0.15, 0.2) is 76.3 Å². The highest BCUT2D eigenvalue weighted by Gasteiger charge is 2.08. The molecule has 0 aliphatic heterocycles. The molecule has 0 unspecified atom stereocenters. The quantitative estimate of drug-likeness (QED) is 0.491. The van der Waals surface area contributed by atoms with Gasteiger partial charge in [-0.05, 0) is 30.3 Å². The van der Waals surface area contributed by atoms with E-state index in [9.17, 15) is 5.11 Å². The smallest absolute Gasteiger partial charge is 0.116 e. The van der Waals surface area contributed by atoms with Crippen molar-refractivity contribution in [1.29, 1.82) is 0 Å². The summed E-state index contributed by atoms with van der Waals surface area (Å²) in [7, 11) is 0. The summed E-state index contributed by atoms with van der Waals surface area (Å²) >= 11 is 3.48. The van der Waals surface area contributed by atoms with Gasteiger partial charge >= 0.3 is 0 Å². The second kappa shape index (κ2) is 5.56. The number of rotatable bonds is 2. The van der Waals surface area contributed by atoms with E-state index in [2.05, 4.69) is 45.3 Å². The lowest BCUT2D eigenvalue weighted by atomic mass is 10.2. The minimum absolute atomic E-state index is 0.219. The lowest BCUT2D eigenvalue weighted by Gasteiger charge is -2.02. The van der Waals surface area contributed by atoms with Crippen LogP contribution < -0.4 is 0 Å². The zero-order valence-electron chi connectivity index (χ0n) is 12.1. The summed E-state index contributed by atoms with van der Waals surface area (Å²) in [4.78, 5) is 0. The minimum atomic E-state index is 0.219. The number of halogens is 1. The number of hydrogen-bond donors (Lipinski definition) is 1. The molecule has 0 bridgehead atoms. The molecular weight excluding hydrogens is 352 g/mol. The minimum Gasteiger partial charge on any atom is -0.508 e. The first-order chi connectivity index (χ1) is 11.2. The highest BCUT2D eigenvalue weighted by atomic mass is 79.9. The zero-order valence-corrected chi connectivity index (χ0v) is 13.7. The van der Waals surface area contributed by atoms with E-state index in [0.717, 1.165) is 21.1 Å². The molecule has 0 amide bonds. The van der Waals surface area contributed by atoms with Crippen molar-refractivity contribution < 1.29 is 5.11 Å². The number of hydrogen-bond acceptors (Lipinski definition) is 2. The Morgan fingerprint density at radius 3 is 2.13 bits per heavy atom. The van der Waals surface area contributed by atoms with Crippen molar-refractivity contribution in [3.05, 3.63) is 76.8 Å². The van der Waals surface area contributed by atoms with Gasteiger partial charge in [-0.2, -0.15) is 5.10 Å². The molecule has 0 saturated carbocycles. The third-order valence-electron chi connectivity index (χ3n) is 3.85. The molecule has 1 N–H and O–H groups in total. The summed E-state index contributed by atoms with van der Waals surface area (Å²) in [5, 5.41) is 16.6. The van der Waals surface area contributed by atoms with Crippen LogP contribution >= 0.6 is 15.9 Å². The highest BCUT2D eigenvalue weighted by Crippen LogP contribution is 2.28. The van der Waals surface area contributed by atoms with Crippen molar-refractivity contribution in [1.82, 2.24) is 4.68 Å². The molecule has 0 spiro atoms. The zero-order chi connectivity index (χ0) is 15.8. The first-order valence-corrected chi connectivity index (χ1v) is 8.04. The number of phenols is 1. The molecule has 4 rings (SSSR count). The fourth-order valence-electron chi connectivity index (χ4n) is 2.78. The van der Waals surface area contributed by atoms with Crippen LogP contribution in [0.4, 0.5) is 0 Å². The molecular formula is C19H13BrN2O. The van der Waals surface area contributed by atoms with Gasteiger partial charge in [-0.25, -0.2) is 4.68 Å². The summed E-state index contributed by atoms with van der Waals surface area (Å²) in [6.07, 6.45) is 1.75. The summed E-state index contributed by atoms with van der Waals surface area (Å²) < 4.78 is 2.82. The maximum Gasteiger partial charge on any atom is 0.116 e. The summed E-state index contributed by atoms with van der Waals surface area (Å²) in [5.41, 5.74) is 2.94. The van der Waals surface area contributed by atoms with Crippen LogP contribution in [0.2, 0.25) is 0 Å². The van der Waals surface area contributed by atoms with Crippen molar-refractivity contribution in [2.75, 3.05) is 0 Å². The van der Waals surface area contributed by atoms with Gasteiger partial charge in [0.25, 0.3) is 0 Å². The highest BCUT2D eigenvalue weighted by molar-refractivity contribution is 9.10. The van der Waals surface area contributed by atoms with Gasteiger partial charge in [-0.1, -0.05) is 52.3 Å². The van der Waals surface area contributed by atoms with Crippen LogP contribution in [0.5, 0.6) is 5.75 Å². The standard InChI is InChI=1S/C19H13BrN2O/c20-17-10-9-14(23)11-13(17)12-21-22-18-7-3-1-5-15(18)16-6-2-4-8-19(16)22/h1-12,23H. The second-order valence-electron chi connectivity index (χ2n) is 5.30. The van der Waals surface area contributed by atoms with Crippen molar-refractivity contribution in [3.8, 4) is 5.75 Å². The van der Waals surface area contributed by atoms with Crippen molar-refractivity contribution in [2.45, 2.75) is 0 Å². The predicted octanol–water partition coefficient (Wildman–Crippen LogP) is 5.14. The number of phenolic OH excluding ortho intramolecular Hbond substituents is 1. The largest absolute Gasteiger partial charge is 0.508 e. The fraction of sp³-hybridized carbons (Fsp3) is 0. The average molecular weight is 365 g/mol. The number of para-hydroxylation sites is 2. The monoisotopic (exact) mass is 364 g/mol. The summed E-state index contributed by atoms with van der Waals surface area (Å²) in [5.74, 6) is 0.219. The number of aromatic nitrogens is 1. The average Bonchev–Trinajstić information content (AvgIpc) is 2.90. The second-order valence-corrected chi connectivity index (χ2v) is 6.15. The molecule has 0 radical (unpaired) electrons. The first kappa shape index (κ1) is 14.0. The Bertz CT molecular complexity index is 997. The Hall–Kier alpha value is -2.59. The molecule has 0 atom stereocenters. The van der Waals surface area contributed by atoms with Gasteiger partial charge in [0.15, 0.2) is 0 Å². The Kier molecular flexibility index (Phi) is 3.39. The van der Waals surface area contributed by atoms with Gasteiger partial charge in [-0.3, -0.25) is 0 Å². The molecule has 4 heteroatoms. The number of fused-ring (bicyclic) bond motifs is 3. The van der Waals surface area contributed by atoms with E-state index in [1.54, 1.807) is 18.3 Å².